The quantitative estimate of drug-likeness (QED) is 0.0553. The molecule has 10 heteroatoms. The molecular formula is C47H52N4O5S. The highest BCUT2D eigenvalue weighted by atomic mass is 32.2. The minimum Gasteiger partial charge on any atom is -0.492 e. The van der Waals surface area contributed by atoms with Gasteiger partial charge in [0.1, 0.15) is 17.4 Å². The highest BCUT2D eigenvalue weighted by molar-refractivity contribution is 8.00. The van der Waals surface area contributed by atoms with E-state index < -0.39 is 34.3 Å². The molecule has 5 aromatic carbocycles. The second-order valence-corrected chi connectivity index (χ2v) is 16.6. The van der Waals surface area contributed by atoms with Crippen molar-refractivity contribution in [3.8, 4) is 5.75 Å². The zero-order valence-electron chi connectivity index (χ0n) is 33.1. The van der Waals surface area contributed by atoms with Crippen molar-refractivity contribution in [3.63, 3.8) is 0 Å². The Balaban J connectivity index is 1.26. The van der Waals surface area contributed by atoms with Crippen LogP contribution in [0.25, 0.3) is 0 Å². The lowest BCUT2D eigenvalue weighted by molar-refractivity contribution is -0.119. The van der Waals surface area contributed by atoms with Crippen LogP contribution < -0.4 is 21.2 Å². The predicted octanol–water partition coefficient (Wildman–Crippen LogP) is 8.50. The number of ether oxygens (including phenoxy) is 2. The van der Waals surface area contributed by atoms with E-state index in [-0.39, 0.29) is 12.5 Å². The van der Waals surface area contributed by atoms with Crippen molar-refractivity contribution in [1.82, 2.24) is 15.8 Å². The van der Waals surface area contributed by atoms with Crippen molar-refractivity contribution in [2.75, 3.05) is 18.9 Å². The Morgan fingerprint density at radius 2 is 1.40 bits per heavy atom. The van der Waals surface area contributed by atoms with Gasteiger partial charge in [-0.1, -0.05) is 133 Å². The molecule has 1 heterocycles. The third-order valence-corrected chi connectivity index (χ3v) is 11.5. The van der Waals surface area contributed by atoms with E-state index >= 15 is 0 Å². The predicted molar refractivity (Wildman–Crippen MR) is 227 cm³/mol. The number of hydrogen-bond donors (Lipinski definition) is 3. The van der Waals surface area contributed by atoms with E-state index in [1.807, 2.05) is 93.0 Å². The van der Waals surface area contributed by atoms with Gasteiger partial charge in [0.2, 0.25) is 5.91 Å². The molecule has 0 fully saturated rings. The third kappa shape index (κ3) is 10.2. The topological polar surface area (TPSA) is 123 Å². The molecule has 2 atom stereocenters. The largest absolute Gasteiger partial charge is 0.492 e. The Morgan fingerprint density at radius 1 is 0.825 bits per heavy atom. The minimum atomic E-state index is -0.923. The molecule has 0 saturated heterocycles. The maximum Gasteiger partial charge on any atom is 0.422 e. The first-order valence-corrected chi connectivity index (χ1v) is 20.4. The normalized spacial score (nSPS) is 14.5. The van der Waals surface area contributed by atoms with Gasteiger partial charge in [0.05, 0.1) is 23.0 Å². The van der Waals surface area contributed by atoms with Crippen LogP contribution in [0.2, 0.25) is 0 Å². The lowest BCUT2D eigenvalue weighted by Crippen LogP contribution is -2.48. The number of carbonyl (C=O) groups is 3. The number of para-hydroxylation sites is 1. The van der Waals surface area contributed by atoms with Crippen molar-refractivity contribution in [1.29, 1.82) is 0 Å². The van der Waals surface area contributed by atoms with Crippen molar-refractivity contribution in [3.05, 3.63) is 172 Å². The molecule has 296 valence electrons. The fourth-order valence-electron chi connectivity index (χ4n) is 7.26. The number of nitrogens with one attached hydrogen (secondary N) is 2. The second kappa shape index (κ2) is 18.6. The molecule has 6 rings (SSSR count). The van der Waals surface area contributed by atoms with E-state index in [9.17, 15) is 14.4 Å². The smallest absolute Gasteiger partial charge is 0.422 e. The Labute approximate surface area is 340 Å². The van der Waals surface area contributed by atoms with E-state index in [0.717, 1.165) is 22.4 Å². The monoisotopic (exact) mass is 784 g/mol. The molecule has 0 radical (unpaired) electrons. The van der Waals surface area contributed by atoms with Crippen molar-refractivity contribution < 1.29 is 23.9 Å². The first kappa shape index (κ1) is 41.1. The molecule has 1 aliphatic rings. The summed E-state index contributed by atoms with van der Waals surface area (Å²) in [5, 5.41) is 4.76. The molecule has 0 bridgehead atoms. The molecule has 4 N–H and O–H groups in total. The first-order valence-electron chi connectivity index (χ1n) is 19.4. The van der Waals surface area contributed by atoms with Crippen molar-refractivity contribution in [2.45, 2.75) is 69.4 Å². The van der Waals surface area contributed by atoms with Gasteiger partial charge in [0.15, 0.2) is 0 Å². The summed E-state index contributed by atoms with van der Waals surface area (Å²) in [6, 6.07) is 43.6. The molecule has 57 heavy (non-hydrogen) atoms. The van der Waals surface area contributed by atoms with Gasteiger partial charge in [-0.25, -0.2) is 9.80 Å². The van der Waals surface area contributed by atoms with Gasteiger partial charge in [0.25, 0.3) is 5.91 Å². The fraction of sp³-hybridized carbons (Fsp3) is 0.298. The SMILES string of the molecule is Cc1ccc(C[C@H](NC(=O)c2cccc3c2OCC[C@@H]3N(CCCSC(c2ccccc2)(c2ccccc2)c2ccccc2)NC(=O)OC(C)(C)C)C(N)=O)cc1. The number of aryl methyl sites for hydroxylation is 1. The van der Waals surface area contributed by atoms with Crippen LogP contribution in [-0.2, 0) is 20.7 Å². The van der Waals surface area contributed by atoms with Crippen LogP contribution in [0.4, 0.5) is 4.79 Å². The molecule has 3 amide bonds. The molecule has 0 spiro atoms. The summed E-state index contributed by atoms with van der Waals surface area (Å²) < 4.78 is 11.4. The highest BCUT2D eigenvalue weighted by Gasteiger charge is 2.37. The number of rotatable bonds is 15. The summed E-state index contributed by atoms with van der Waals surface area (Å²) in [5.41, 5.74) is 14.7. The van der Waals surface area contributed by atoms with Crippen LogP contribution in [0, 0.1) is 6.92 Å². The van der Waals surface area contributed by atoms with E-state index in [4.69, 9.17) is 15.2 Å². The second-order valence-electron chi connectivity index (χ2n) is 15.3. The summed E-state index contributed by atoms with van der Waals surface area (Å²) in [7, 11) is 0. The molecule has 5 aromatic rings. The van der Waals surface area contributed by atoms with Gasteiger partial charge in [-0.05, 0) is 68.2 Å². The van der Waals surface area contributed by atoms with Crippen LogP contribution >= 0.6 is 11.8 Å². The van der Waals surface area contributed by atoms with Crippen molar-refractivity contribution >= 4 is 29.7 Å². The number of carbonyl (C=O) groups excluding carboxylic acids is 3. The number of hydrazine groups is 1. The van der Waals surface area contributed by atoms with E-state index in [1.165, 1.54) is 16.7 Å². The highest BCUT2D eigenvalue weighted by Crippen LogP contribution is 2.48. The lowest BCUT2D eigenvalue weighted by atomic mass is 9.84. The van der Waals surface area contributed by atoms with Crippen LogP contribution in [0.5, 0.6) is 5.75 Å². The summed E-state index contributed by atoms with van der Waals surface area (Å²) in [4.78, 5) is 39.7. The molecule has 0 unspecified atom stereocenters. The van der Waals surface area contributed by atoms with Gasteiger partial charge in [0, 0.05) is 24.9 Å². The van der Waals surface area contributed by atoms with Crippen LogP contribution in [-0.4, -0.2) is 53.5 Å². The van der Waals surface area contributed by atoms with E-state index in [2.05, 4.69) is 83.5 Å². The molecule has 0 saturated carbocycles. The summed E-state index contributed by atoms with van der Waals surface area (Å²) in [6.45, 7) is 8.27. The number of thioether (sulfide) groups is 1. The zero-order chi connectivity index (χ0) is 40.4. The fourth-order valence-corrected chi connectivity index (χ4v) is 8.75. The minimum absolute atomic E-state index is 0.256. The first-order chi connectivity index (χ1) is 27.4. The molecule has 9 nitrogen and oxygen atoms in total. The van der Waals surface area contributed by atoms with Gasteiger partial charge in [-0.3, -0.25) is 15.0 Å². The van der Waals surface area contributed by atoms with E-state index in [0.29, 0.717) is 37.3 Å². The average Bonchev–Trinajstić information content (AvgIpc) is 3.21. The summed E-state index contributed by atoms with van der Waals surface area (Å²) >= 11 is 1.86. The van der Waals surface area contributed by atoms with Gasteiger partial charge in [-0.2, -0.15) is 0 Å². The lowest BCUT2D eigenvalue weighted by Gasteiger charge is -2.37. The number of nitrogens with two attached hydrogens (primary N) is 1. The van der Waals surface area contributed by atoms with Crippen LogP contribution in [0.3, 0.4) is 0 Å². The Bertz CT molecular complexity index is 2010. The average molecular weight is 785 g/mol. The number of primary amides is 1. The Morgan fingerprint density at radius 3 is 1.95 bits per heavy atom. The number of fused-ring (bicyclic) bond motifs is 1. The number of amides is 3. The molecular weight excluding hydrogens is 733 g/mol. The number of hydrogen-bond acceptors (Lipinski definition) is 7. The summed E-state index contributed by atoms with van der Waals surface area (Å²) in [5.74, 6) is 0.0602. The third-order valence-electron chi connectivity index (χ3n) is 9.91. The van der Waals surface area contributed by atoms with Crippen LogP contribution in [0.1, 0.15) is 83.4 Å². The van der Waals surface area contributed by atoms with E-state index in [1.54, 1.807) is 12.1 Å². The Kier molecular flexibility index (Phi) is 13.4. The Hall–Kier alpha value is -5.58. The van der Waals surface area contributed by atoms with Gasteiger partial charge < -0.3 is 20.5 Å². The van der Waals surface area contributed by atoms with Gasteiger partial charge >= 0.3 is 6.09 Å². The number of nitrogens with zero attached hydrogens (tertiary/aromatic N) is 1. The standard InChI is InChI=1S/C47H52N4O5S/c1-33-24-26-34(27-25-33)32-40(43(48)52)49-44(53)39-23-14-22-38-41(28-30-55-42(38)39)51(50-45(54)56-46(2,3)4)29-15-31-57-47(35-16-8-5-9-17-35,36-18-10-6-11-19-36)37-20-12-7-13-21-37/h5-14,16-27,40-41H,15,28-32H2,1-4H3,(H2,48,52)(H,49,53)(H,50,54)/t40-,41-/m0/s1. The van der Waals surface area contributed by atoms with Crippen molar-refractivity contribution in [2.24, 2.45) is 5.73 Å². The molecule has 0 aliphatic carbocycles. The van der Waals surface area contributed by atoms with Gasteiger partial charge in [-0.15, -0.1) is 11.8 Å². The zero-order valence-corrected chi connectivity index (χ0v) is 33.9. The molecule has 1 aliphatic heterocycles. The summed E-state index contributed by atoms with van der Waals surface area (Å²) in [6.07, 6.45) is 0.956. The molecule has 0 aromatic heterocycles. The van der Waals surface area contributed by atoms with Crippen LogP contribution in [0.15, 0.2) is 133 Å². The maximum atomic E-state index is 13.8. The number of benzene rings is 5. The maximum absolute atomic E-state index is 13.8.